The van der Waals surface area contributed by atoms with Crippen molar-refractivity contribution in [1.29, 1.82) is 0 Å². The van der Waals surface area contributed by atoms with Crippen LogP contribution in [0.4, 0.5) is 0 Å². The van der Waals surface area contributed by atoms with Crippen molar-refractivity contribution in [3.63, 3.8) is 0 Å². The molecule has 0 radical (unpaired) electrons. The van der Waals surface area contributed by atoms with Gasteiger partial charge in [-0.15, -0.1) is 0 Å². The number of allylic oxidation sites excluding steroid dienone is 8. The lowest BCUT2D eigenvalue weighted by Gasteiger charge is -1.94. The van der Waals surface area contributed by atoms with E-state index in [2.05, 4.69) is 55.5 Å². The first kappa shape index (κ1) is 22.4. The summed E-state index contributed by atoms with van der Waals surface area (Å²) >= 11 is 0. The summed E-state index contributed by atoms with van der Waals surface area (Å²) in [4.78, 5) is 10.4. The molecule has 0 aromatic rings. The van der Waals surface area contributed by atoms with Gasteiger partial charge in [0.15, 0.2) is 0 Å². The molecule has 0 fully saturated rings. The Hall–Kier alpha value is -1.57. The van der Waals surface area contributed by atoms with Crippen molar-refractivity contribution in [3.05, 3.63) is 48.6 Å². The van der Waals surface area contributed by atoms with Crippen LogP contribution in [0.2, 0.25) is 0 Å². The average Bonchev–Trinajstić information content (AvgIpc) is 2.56. The molecule has 0 saturated carbocycles. The lowest BCUT2D eigenvalue weighted by Crippen LogP contribution is -1.93. The maximum atomic E-state index is 10.4. The maximum absolute atomic E-state index is 10.4. The largest absolute Gasteiger partial charge is 0.481 e. The lowest BCUT2D eigenvalue weighted by atomic mass is 10.1. The van der Waals surface area contributed by atoms with E-state index in [4.69, 9.17) is 5.11 Å². The Bertz CT molecular complexity index is 389. The van der Waals surface area contributed by atoms with Crippen molar-refractivity contribution in [3.8, 4) is 0 Å². The van der Waals surface area contributed by atoms with Crippen molar-refractivity contribution < 1.29 is 9.90 Å². The lowest BCUT2D eigenvalue weighted by molar-refractivity contribution is -0.137. The van der Waals surface area contributed by atoms with E-state index >= 15 is 0 Å². The van der Waals surface area contributed by atoms with Gasteiger partial charge in [-0.3, -0.25) is 4.79 Å². The SMILES string of the molecule is CCCCC/C=C\C/C=C/C/C=C/C/C=C\CCCCCC(=O)O. The Morgan fingerprint density at radius 1 is 0.667 bits per heavy atom. The molecule has 0 aliphatic heterocycles. The van der Waals surface area contributed by atoms with Gasteiger partial charge in [-0.05, 0) is 51.4 Å². The summed E-state index contributed by atoms with van der Waals surface area (Å²) in [6.45, 7) is 2.24. The van der Waals surface area contributed by atoms with Crippen LogP contribution in [0, 0.1) is 0 Å². The van der Waals surface area contributed by atoms with E-state index in [-0.39, 0.29) is 0 Å². The molecule has 24 heavy (non-hydrogen) atoms. The Morgan fingerprint density at radius 3 is 1.58 bits per heavy atom. The predicted octanol–water partition coefficient (Wildman–Crippen LogP) is 7.00. The number of hydrogen-bond acceptors (Lipinski definition) is 1. The molecular formula is C22H36O2. The zero-order chi connectivity index (χ0) is 17.7. The van der Waals surface area contributed by atoms with E-state index in [0.717, 1.165) is 44.9 Å². The maximum Gasteiger partial charge on any atom is 0.303 e. The van der Waals surface area contributed by atoms with Gasteiger partial charge in [0.25, 0.3) is 0 Å². The van der Waals surface area contributed by atoms with Crippen LogP contribution in [0.3, 0.4) is 0 Å². The molecule has 2 heteroatoms. The zero-order valence-electron chi connectivity index (χ0n) is 15.5. The quantitative estimate of drug-likeness (QED) is 0.244. The number of carboxylic acid groups (broad SMARTS) is 1. The Morgan fingerprint density at radius 2 is 1.12 bits per heavy atom. The van der Waals surface area contributed by atoms with Gasteiger partial charge in [0.05, 0.1) is 0 Å². The minimum Gasteiger partial charge on any atom is -0.481 e. The standard InChI is InChI=1S/C22H36O2/c1-2-3-4-5-6-7-8-9-10-11-12-13-14-15-16-17-18-19-20-21-22(23)24/h6-7,9-10,12-13,15-16H,2-5,8,11,14,17-21H2,1H3,(H,23,24)/b7-6-,10-9+,13-12+,16-15-. The highest BCUT2D eigenvalue weighted by Gasteiger charge is 1.94. The smallest absolute Gasteiger partial charge is 0.303 e. The van der Waals surface area contributed by atoms with Gasteiger partial charge in [0, 0.05) is 6.42 Å². The fourth-order valence-corrected chi connectivity index (χ4v) is 2.28. The van der Waals surface area contributed by atoms with E-state index in [9.17, 15) is 4.79 Å². The second-order valence-corrected chi connectivity index (χ2v) is 6.08. The molecule has 0 rings (SSSR count). The van der Waals surface area contributed by atoms with Gasteiger partial charge >= 0.3 is 5.97 Å². The normalized spacial score (nSPS) is 12.4. The molecule has 0 aromatic carbocycles. The van der Waals surface area contributed by atoms with Crippen LogP contribution in [0.5, 0.6) is 0 Å². The molecule has 0 aliphatic rings. The van der Waals surface area contributed by atoms with Gasteiger partial charge in [-0.1, -0.05) is 74.8 Å². The summed E-state index contributed by atoms with van der Waals surface area (Å²) < 4.78 is 0. The van der Waals surface area contributed by atoms with Crippen LogP contribution in [0.25, 0.3) is 0 Å². The van der Waals surface area contributed by atoms with Gasteiger partial charge in [-0.25, -0.2) is 0 Å². The van der Waals surface area contributed by atoms with Crippen molar-refractivity contribution in [2.75, 3.05) is 0 Å². The van der Waals surface area contributed by atoms with Crippen LogP contribution in [0.15, 0.2) is 48.6 Å². The molecule has 0 aromatic heterocycles. The van der Waals surface area contributed by atoms with Gasteiger partial charge in [0.2, 0.25) is 0 Å². The number of rotatable bonds is 16. The van der Waals surface area contributed by atoms with Gasteiger partial charge in [0.1, 0.15) is 0 Å². The van der Waals surface area contributed by atoms with Crippen molar-refractivity contribution >= 4 is 5.97 Å². The summed E-state index contributed by atoms with van der Waals surface area (Å²) in [7, 11) is 0. The Balaban J connectivity index is 3.37. The van der Waals surface area contributed by atoms with E-state index in [0.29, 0.717) is 6.42 Å². The van der Waals surface area contributed by atoms with Crippen LogP contribution in [-0.4, -0.2) is 11.1 Å². The van der Waals surface area contributed by atoms with E-state index in [1.165, 1.54) is 25.7 Å². The van der Waals surface area contributed by atoms with Crippen LogP contribution >= 0.6 is 0 Å². The number of carboxylic acids is 1. The monoisotopic (exact) mass is 332 g/mol. The highest BCUT2D eigenvalue weighted by atomic mass is 16.4. The summed E-state index contributed by atoms with van der Waals surface area (Å²) in [5.74, 6) is -0.687. The zero-order valence-corrected chi connectivity index (χ0v) is 15.5. The molecule has 0 atom stereocenters. The number of aliphatic carboxylic acids is 1. The van der Waals surface area contributed by atoms with Crippen molar-refractivity contribution in [2.24, 2.45) is 0 Å². The minimum atomic E-state index is -0.687. The minimum absolute atomic E-state index is 0.300. The fourth-order valence-electron chi connectivity index (χ4n) is 2.28. The van der Waals surface area contributed by atoms with Gasteiger partial charge < -0.3 is 5.11 Å². The highest BCUT2D eigenvalue weighted by molar-refractivity contribution is 5.66. The second kappa shape index (κ2) is 19.5. The van der Waals surface area contributed by atoms with E-state index in [1.807, 2.05) is 0 Å². The number of unbranched alkanes of at least 4 members (excludes halogenated alkanes) is 6. The molecule has 0 bridgehead atoms. The molecule has 1 N–H and O–H groups in total. The first-order valence-electron chi connectivity index (χ1n) is 9.59. The first-order valence-corrected chi connectivity index (χ1v) is 9.59. The van der Waals surface area contributed by atoms with E-state index in [1.54, 1.807) is 0 Å². The van der Waals surface area contributed by atoms with Crippen LogP contribution in [0.1, 0.15) is 84.0 Å². The topological polar surface area (TPSA) is 37.3 Å². The van der Waals surface area contributed by atoms with Crippen molar-refractivity contribution in [1.82, 2.24) is 0 Å². The van der Waals surface area contributed by atoms with Gasteiger partial charge in [-0.2, -0.15) is 0 Å². The first-order chi connectivity index (χ1) is 11.8. The third-order valence-electron chi connectivity index (χ3n) is 3.72. The molecule has 0 saturated heterocycles. The molecule has 0 amide bonds. The average molecular weight is 333 g/mol. The third kappa shape index (κ3) is 20.4. The fraction of sp³-hybridized carbons (Fsp3) is 0.591. The van der Waals surface area contributed by atoms with Crippen LogP contribution < -0.4 is 0 Å². The molecule has 0 heterocycles. The number of hydrogen-bond donors (Lipinski definition) is 1. The molecule has 0 unspecified atom stereocenters. The van der Waals surface area contributed by atoms with E-state index < -0.39 is 5.97 Å². The molecule has 136 valence electrons. The van der Waals surface area contributed by atoms with Crippen molar-refractivity contribution in [2.45, 2.75) is 84.0 Å². The van der Waals surface area contributed by atoms with Crippen LogP contribution in [-0.2, 0) is 4.79 Å². The molecule has 0 aliphatic carbocycles. The number of carbonyl (C=O) groups is 1. The molecule has 0 spiro atoms. The Kier molecular flexibility index (Phi) is 18.2. The predicted molar refractivity (Wildman–Crippen MR) is 105 cm³/mol. The molecule has 2 nitrogen and oxygen atoms in total. The Labute approximate surface area is 149 Å². The summed E-state index contributed by atoms with van der Waals surface area (Å²) in [5.41, 5.74) is 0. The summed E-state index contributed by atoms with van der Waals surface area (Å²) in [5, 5.41) is 8.53. The molecular weight excluding hydrogens is 296 g/mol. The summed E-state index contributed by atoms with van der Waals surface area (Å²) in [6, 6.07) is 0. The highest BCUT2D eigenvalue weighted by Crippen LogP contribution is 2.04. The third-order valence-corrected chi connectivity index (χ3v) is 3.72. The second-order valence-electron chi connectivity index (χ2n) is 6.08. The summed E-state index contributed by atoms with van der Waals surface area (Å²) in [6.07, 6.45) is 30.2.